The Balaban J connectivity index is 1.61. The monoisotopic (exact) mass is 301 g/mol. The Morgan fingerprint density at radius 1 is 1.41 bits per heavy atom. The summed E-state index contributed by atoms with van der Waals surface area (Å²) < 4.78 is 0. The van der Waals surface area contributed by atoms with E-state index in [-0.39, 0.29) is 23.8 Å². The van der Waals surface area contributed by atoms with Crippen molar-refractivity contribution in [1.29, 1.82) is 0 Å². The van der Waals surface area contributed by atoms with Crippen molar-refractivity contribution in [2.75, 3.05) is 6.54 Å². The summed E-state index contributed by atoms with van der Waals surface area (Å²) in [5.74, 6) is -1.25. The molecule has 1 aromatic carbocycles. The number of aliphatic carboxylic acids is 1. The van der Waals surface area contributed by atoms with Gasteiger partial charge in [-0.05, 0) is 36.8 Å². The molecule has 0 bridgehead atoms. The van der Waals surface area contributed by atoms with Gasteiger partial charge in [-0.1, -0.05) is 37.6 Å². The summed E-state index contributed by atoms with van der Waals surface area (Å²) in [5, 5.41) is 12.0. The largest absolute Gasteiger partial charge is 0.481 e. The van der Waals surface area contributed by atoms with Gasteiger partial charge >= 0.3 is 5.97 Å². The van der Waals surface area contributed by atoms with Crippen LogP contribution in [0.25, 0.3) is 0 Å². The standard InChI is InChI=1S/C18H23NO3/c1-2-5-13(17(21)22)11-19-16(20)15-10-18(15)9-8-12-6-3-4-7-14(12)18/h3-4,6-7,13,15H,2,5,8-11H2,1H3,(H,19,20)(H,21,22). The number of fused-ring (bicyclic) bond motifs is 2. The van der Waals surface area contributed by atoms with Crippen LogP contribution in [0.15, 0.2) is 24.3 Å². The van der Waals surface area contributed by atoms with Crippen LogP contribution in [0.5, 0.6) is 0 Å². The van der Waals surface area contributed by atoms with Crippen LogP contribution in [0, 0.1) is 11.8 Å². The Hall–Kier alpha value is -1.84. The minimum atomic E-state index is -0.820. The number of carboxylic acid groups (broad SMARTS) is 1. The molecule has 0 aromatic heterocycles. The molecule has 2 aliphatic carbocycles. The molecule has 0 radical (unpaired) electrons. The lowest BCUT2D eigenvalue weighted by atomic mass is 9.95. The second kappa shape index (κ2) is 5.75. The first-order valence-electron chi connectivity index (χ1n) is 8.17. The van der Waals surface area contributed by atoms with Crippen molar-refractivity contribution in [2.45, 2.75) is 44.4 Å². The number of hydrogen-bond acceptors (Lipinski definition) is 2. The van der Waals surface area contributed by atoms with Gasteiger partial charge in [0, 0.05) is 17.9 Å². The Bertz CT molecular complexity index is 598. The summed E-state index contributed by atoms with van der Waals surface area (Å²) in [4.78, 5) is 23.6. The van der Waals surface area contributed by atoms with Gasteiger partial charge < -0.3 is 10.4 Å². The minimum Gasteiger partial charge on any atom is -0.481 e. The molecule has 1 amide bonds. The number of aryl methyl sites for hydroxylation is 1. The first-order chi connectivity index (χ1) is 10.6. The molecule has 1 saturated carbocycles. The summed E-state index contributed by atoms with van der Waals surface area (Å²) in [6.07, 6.45) is 4.42. The molecule has 2 aliphatic rings. The fourth-order valence-electron chi connectivity index (χ4n) is 3.95. The van der Waals surface area contributed by atoms with Gasteiger partial charge in [0.25, 0.3) is 0 Å². The number of carboxylic acids is 1. The molecule has 3 atom stereocenters. The van der Waals surface area contributed by atoms with E-state index in [2.05, 4.69) is 23.5 Å². The zero-order valence-electron chi connectivity index (χ0n) is 13.0. The quantitative estimate of drug-likeness (QED) is 0.848. The number of carbonyl (C=O) groups is 2. The van der Waals surface area contributed by atoms with E-state index in [4.69, 9.17) is 5.11 Å². The normalized spacial score (nSPS) is 26.5. The molecule has 22 heavy (non-hydrogen) atoms. The van der Waals surface area contributed by atoms with Crippen molar-refractivity contribution in [3.8, 4) is 0 Å². The third-order valence-electron chi connectivity index (χ3n) is 5.30. The molecule has 4 heteroatoms. The first-order valence-corrected chi connectivity index (χ1v) is 8.17. The predicted octanol–water partition coefficient (Wildman–Crippen LogP) is 2.51. The fraction of sp³-hybridized carbons (Fsp3) is 0.556. The smallest absolute Gasteiger partial charge is 0.308 e. The van der Waals surface area contributed by atoms with Crippen molar-refractivity contribution < 1.29 is 14.7 Å². The zero-order valence-corrected chi connectivity index (χ0v) is 13.0. The first kappa shape index (κ1) is 15.1. The van der Waals surface area contributed by atoms with E-state index in [1.165, 1.54) is 11.1 Å². The predicted molar refractivity (Wildman–Crippen MR) is 83.6 cm³/mol. The number of hydrogen-bond donors (Lipinski definition) is 2. The molecule has 1 spiro atoms. The molecule has 3 unspecified atom stereocenters. The average Bonchev–Trinajstić information content (AvgIpc) is 3.13. The van der Waals surface area contributed by atoms with Gasteiger partial charge in [-0.3, -0.25) is 9.59 Å². The summed E-state index contributed by atoms with van der Waals surface area (Å²) in [6.45, 7) is 2.21. The highest BCUT2D eigenvalue weighted by Crippen LogP contribution is 2.61. The number of benzene rings is 1. The Morgan fingerprint density at radius 2 is 2.18 bits per heavy atom. The average molecular weight is 301 g/mol. The molecule has 0 aliphatic heterocycles. The van der Waals surface area contributed by atoms with Gasteiger partial charge in [0.1, 0.15) is 0 Å². The number of carbonyl (C=O) groups excluding carboxylic acids is 1. The second-order valence-corrected chi connectivity index (χ2v) is 6.64. The Kier molecular flexibility index (Phi) is 3.94. The van der Waals surface area contributed by atoms with E-state index in [0.29, 0.717) is 6.42 Å². The van der Waals surface area contributed by atoms with Crippen LogP contribution in [0.4, 0.5) is 0 Å². The van der Waals surface area contributed by atoms with Crippen LogP contribution in [0.2, 0.25) is 0 Å². The van der Waals surface area contributed by atoms with Crippen molar-refractivity contribution in [1.82, 2.24) is 5.32 Å². The molecule has 1 fully saturated rings. The third-order valence-corrected chi connectivity index (χ3v) is 5.30. The van der Waals surface area contributed by atoms with Crippen molar-refractivity contribution in [3.63, 3.8) is 0 Å². The van der Waals surface area contributed by atoms with Gasteiger partial charge in [-0.2, -0.15) is 0 Å². The van der Waals surface area contributed by atoms with Gasteiger partial charge in [0.2, 0.25) is 5.91 Å². The maximum absolute atomic E-state index is 12.4. The Labute approximate surface area is 130 Å². The lowest BCUT2D eigenvalue weighted by Gasteiger charge is -2.14. The van der Waals surface area contributed by atoms with E-state index in [1.807, 2.05) is 13.0 Å². The maximum Gasteiger partial charge on any atom is 0.308 e. The van der Waals surface area contributed by atoms with E-state index >= 15 is 0 Å². The van der Waals surface area contributed by atoms with Crippen LogP contribution in [-0.4, -0.2) is 23.5 Å². The highest BCUT2D eigenvalue weighted by Gasteiger charge is 2.61. The molecular formula is C18H23NO3. The van der Waals surface area contributed by atoms with Gasteiger partial charge in [0.05, 0.1) is 5.92 Å². The van der Waals surface area contributed by atoms with Gasteiger partial charge in [0.15, 0.2) is 0 Å². The number of amides is 1. The summed E-state index contributed by atoms with van der Waals surface area (Å²) in [7, 11) is 0. The van der Waals surface area contributed by atoms with E-state index < -0.39 is 11.9 Å². The van der Waals surface area contributed by atoms with Crippen molar-refractivity contribution >= 4 is 11.9 Å². The van der Waals surface area contributed by atoms with Crippen LogP contribution in [0.3, 0.4) is 0 Å². The van der Waals surface area contributed by atoms with Crippen LogP contribution in [0.1, 0.15) is 43.7 Å². The van der Waals surface area contributed by atoms with Crippen molar-refractivity contribution in [3.05, 3.63) is 35.4 Å². The zero-order chi connectivity index (χ0) is 15.7. The van der Waals surface area contributed by atoms with Crippen LogP contribution < -0.4 is 5.32 Å². The molecule has 0 saturated heterocycles. The maximum atomic E-state index is 12.4. The molecule has 118 valence electrons. The minimum absolute atomic E-state index is 0.0206. The fourth-order valence-corrected chi connectivity index (χ4v) is 3.95. The van der Waals surface area contributed by atoms with Crippen LogP contribution >= 0.6 is 0 Å². The molecule has 0 heterocycles. The summed E-state index contributed by atoms with van der Waals surface area (Å²) >= 11 is 0. The summed E-state index contributed by atoms with van der Waals surface area (Å²) in [6, 6.07) is 8.39. The molecular weight excluding hydrogens is 278 g/mol. The second-order valence-electron chi connectivity index (χ2n) is 6.64. The van der Waals surface area contributed by atoms with E-state index in [9.17, 15) is 9.59 Å². The molecule has 1 aromatic rings. The summed E-state index contributed by atoms with van der Waals surface area (Å²) in [5.41, 5.74) is 2.73. The van der Waals surface area contributed by atoms with Gasteiger partial charge in [-0.25, -0.2) is 0 Å². The lowest BCUT2D eigenvalue weighted by molar-refractivity contribution is -0.142. The number of nitrogens with one attached hydrogen (secondary N) is 1. The van der Waals surface area contributed by atoms with E-state index in [1.54, 1.807) is 0 Å². The molecule has 2 N–H and O–H groups in total. The SMILES string of the molecule is CCCC(CNC(=O)C1CC12CCc1ccccc12)C(=O)O. The number of rotatable bonds is 6. The van der Waals surface area contributed by atoms with Crippen LogP contribution in [-0.2, 0) is 21.4 Å². The third kappa shape index (κ3) is 2.51. The van der Waals surface area contributed by atoms with Gasteiger partial charge in [-0.15, -0.1) is 0 Å². The topological polar surface area (TPSA) is 66.4 Å². The van der Waals surface area contributed by atoms with E-state index in [0.717, 1.165) is 25.7 Å². The van der Waals surface area contributed by atoms with Crippen molar-refractivity contribution in [2.24, 2.45) is 11.8 Å². The highest BCUT2D eigenvalue weighted by molar-refractivity contribution is 5.85. The lowest BCUT2D eigenvalue weighted by Crippen LogP contribution is -2.35. The molecule has 4 nitrogen and oxygen atoms in total. The highest BCUT2D eigenvalue weighted by atomic mass is 16.4. The Morgan fingerprint density at radius 3 is 2.91 bits per heavy atom. The molecule has 3 rings (SSSR count).